The van der Waals surface area contributed by atoms with Crippen molar-refractivity contribution < 1.29 is 14.2 Å². The van der Waals surface area contributed by atoms with Gasteiger partial charge in [0.15, 0.2) is 0 Å². The third kappa shape index (κ3) is 4.57. The normalized spacial score (nSPS) is 21.4. The van der Waals surface area contributed by atoms with Crippen LogP contribution in [-0.2, 0) is 28.4 Å². The van der Waals surface area contributed by atoms with Gasteiger partial charge in [-0.25, -0.2) is 4.98 Å². The predicted molar refractivity (Wildman–Crippen MR) is 111 cm³/mol. The zero-order chi connectivity index (χ0) is 20.3. The summed E-state index contributed by atoms with van der Waals surface area (Å²) in [4.78, 5) is 4.10. The molecule has 152 valence electrons. The van der Waals surface area contributed by atoms with Crippen LogP contribution in [0.5, 0.6) is 5.75 Å². The Balaban J connectivity index is 1.51. The Morgan fingerprint density at radius 1 is 1.21 bits per heavy atom. The van der Waals surface area contributed by atoms with E-state index in [1.165, 1.54) is 0 Å². The molecule has 0 aliphatic carbocycles. The highest BCUT2D eigenvalue weighted by Gasteiger charge is 2.45. The van der Waals surface area contributed by atoms with Crippen LogP contribution in [0.4, 0.5) is 0 Å². The van der Waals surface area contributed by atoms with E-state index in [4.69, 9.17) is 43.1 Å². The summed E-state index contributed by atoms with van der Waals surface area (Å²) in [5.41, 5.74) is 7.40. The van der Waals surface area contributed by atoms with Crippen LogP contribution >= 0.6 is 23.2 Å². The first-order valence-electron chi connectivity index (χ1n) is 9.23. The van der Waals surface area contributed by atoms with E-state index in [-0.39, 0.29) is 6.10 Å². The van der Waals surface area contributed by atoms with E-state index in [1.807, 2.05) is 41.1 Å². The fourth-order valence-corrected chi connectivity index (χ4v) is 3.84. The van der Waals surface area contributed by atoms with Crippen LogP contribution in [0.1, 0.15) is 11.1 Å². The van der Waals surface area contributed by atoms with Crippen molar-refractivity contribution in [2.75, 3.05) is 13.2 Å². The summed E-state index contributed by atoms with van der Waals surface area (Å²) in [5.74, 6) is -0.303. The minimum Gasteiger partial charge on any atom is -0.491 e. The molecule has 29 heavy (non-hydrogen) atoms. The van der Waals surface area contributed by atoms with Crippen LogP contribution in [-0.4, -0.2) is 28.9 Å². The van der Waals surface area contributed by atoms with Gasteiger partial charge in [0.25, 0.3) is 0 Å². The van der Waals surface area contributed by atoms with Crippen molar-refractivity contribution >= 4 is 23.2 Å². The van der Waals surface area contributed by atoms with Crippen LogP contribution in [0, 0.1) is 0 Å². The van der Waals surface area contributed by atoms with E-state index in [0.717, 1.165) is 11.3 Å². The molecule has 8 heteroatoms. The molecule has 1 aliphatic heterocycles. The molecule has 1 fully saturated rings. The fourth-order valence-electron chi connectivity index (χ4n) is 3.29. The maximum absolute atomic E-state index is 6.48. The molecule has 0 amide bonds. The summed E-state index contributed by atoms with van der Waals surface area (Å²) in [7, 11) is 0. The van der Waals surface area contributed by atoms with Crippen molar-refractivity contribution in [2.24, 2.45) is 5.73 Å². The van der Waals surface area contributed by atoms with E-state index in [1.54, 1.807) is 24.7 Å². The van der Waals surface area contributed by atoms with Crippen LogP contribution < -0.4 is 10.5 Å². The standard InChI is InChI=1S/C21H21Cl2N3O3/c22-16-3-6-19(20(23)9-16)21(13-26-8-7-25-14-26)28-12-18(29-21)11-27-17-4-1-15(10-24)2-5-17/h1-9,14,18H,10-13,24H2/t18-,21-/m1/s1. The first kappa shape index (κ1) is 20.2. The number of nitrogens with zero attached hydrogens (tertiary/aromatic N) is 2. The molecule has 2 atom stereocenters. The summed E-state index contributed by atoms with van der Waals surface area (Å²) in [5, 5.41) is 1.03. The first-order valence-corrected chi connectivity index (χ1v) is 9.98. The number of nitrogens with two attached hydrogens (primary N) is 1. The number of rotatable bonds is 7. The van der Waals surface area contributed by atoms with Gasteiger partial charge in [-0.3, -0.25) is 0 Å². The highest BCUT2D eigenvalue weighted by Crippen LogP contribution is 2.40. The maximum atomic E-state index is 6.48. The lowest BCUT2D eigenvalue weighted by atomic mass is 10.1. The Morgan fingerprint density at radius 3 is 2.72 bits per heavy atom. The van der Waals surface area contributed by atoms with Gasteiger partial charge in [0, 0.05) is 29.5 Å². The van der Waals surface area contributed by atoms with Crippen LogP contribution in [0.2, 0.25) is 10.0 Å². The summed E-state index contributed by atoms with van der Waals surface area (Å²) in [6.45, 7) is 1.61. The second-order valence-corrected chi connectivity index (χ2v) is 7.67. The molecule has 1 saturated heterocycles. The second-order valence-electron chi connectivity index (χ2n) is 6.82. The average Bonchev–Trinajstić information content (AvgIpc) is 3.37. The van der Waals surface area contributed by atoms with Gasteiger partial charge in [-0.05, 0) is 29.8 Å². The Bertz CT molecular complexity index is 950. The number of hydrogen-bond acceptors (Lipinski definition) is 5. The summed E-state index contributed by atoms with van der Waals surface area (Å²) < 4.78 is 20.3. The van der Waals surface area contributed by atoms with Crippen molar-refractivity contribution in [3.8, 4) is 5.75 Å². The van der Waals surface area contributed by atoms with Crippen LogP contribution in [0.15, 0.2) is 61.2 Å². The summed E-state index contributed by atoms with van der Waals surface area (Å²) in [6, 6.07) is 13.0. The Labute approximate surface area is 179 Å². The third-order valence-corrected chi connectivity index (χ3v) is 5.29. The molecule has 0 unspecified atom stereocenters. The zero-order valence-corrected chi connectivity index (χ0v) is 17.1. The monoisotopic (exact) mass is 433 g/mol. The number of hydrogen-bond donors (Lipinski definition) is 1. The van der Waals surface area contributed by atoms with Gasteiger partial charge in [0.2, 0.25) is 5.79 Å². The number of ether oxygens (including phenoxy) is 3. The van der Waals surface area contributed by atoms with Gasteiger partial charge >= 0.3 is 0 Å². The van der Waals surface area contributed by atoms with E-state index >= 15 is 0 Å². The fraction of sp³-hybridized carbons (Fsp3) is 0.286. The number of imidazole rings is 1. The van der Waals surface area contributed by atoms with Crippen molar-refractivity contribution in [1.82, 2.24) is 9.55 Å². The lowest BCUT2D eigenvalue weighted by Gasteiger charge is -2.30. The van der Waals surface area contributed by atoms with E-state index in [9.17, 15) is 0 Å². The summed E-state index contributed by atoms with van der Waals surface area (Å²) >= 11 is 12.5. The molecule has 0 spiro atoms. The Hall–Kier alpha value is -2.09. The molecule has 1 aliphatic rings. The number of aromatic nitrogens is 2. The van der Waals surface area contributed by atoms with Crippen molar-refractivity contribution in [3.63, 3.8) is 0 Å². The molecule has 1 aromatic heterocycles. The zero-order valence-electron chi connectivity index (χ0n) is 15.6. The summed E-state index contributed by atoms with van der Waals surface area (Å²) in [6.07, 6.45) is 5.00. The lowest BCUT2D eigenvalue weighted by molar-refractivity contribution is -0.189. The van der Waals surface area contributed by atoms with Gasteiger partial charge in [0.1, 0.15) is 18.5 Å². The molecule has 0 bridgehead atoms. The van der Waals surface area contributed by atoms with Crippen molar-refractivity contribution in [1.29, 1.82) is 0 Å². The minimum absolute atomic E-state index is 0.264. The highest BCUT2D eigenvalue weighted by atomic mass is 35.5. The first-order chi connectivity index (χ1) is 14.1. The van der Waals surface area contributed by atoms with Gasteiger partial charge in [-0.1, -0.05) is 41.4 Å². The molecule has 2 aromatic carbocycles. The minimum atomic E-state index is -1.06. The molecule has 2 N–H and O–H groups in total. The van der Waals surface area contributed by atoms with Crippen LogP contribution in [0.25, 0.3) is 0 Å². The predicted octanol–water partition coefficient (Wildman–Crippen LogP) is 4.00. The molecular weight excluding hydrogens is 413 g/mol. The number of halogens is 2. The third-order valence-electron chi connectivity index (χ3n) is 4.75. The van der Waals surface area contributed by atoms with Gasteiger partial charge in [-0.15, -0.1) is 0 Å². The largest absolute Gasteiger partial charge is 0.491 e. The van der Waals surface area contributed by atoms with Crippen LogP contribution in [0.3, 0.4) is 0 Å². The molecule has 4 rings (SSSR count). The Morgan fingerprint density at radius 2 is 2.03 bits per heavy atom. The highest BCUT2D eigenvalue weighted by molar-refractivity contribution is 6.35. The molecule has 0 saturated carbocycles. The molecule has 2 heterocycles. The van der Waals surface area contributed by atoms with Gasteiger partial charge < -0.3 is 24.5 Å². The smallest absolute Gasteiger partial charge is 0.215 e. The topological polar surface area (TPSA) is 71.5 Å². The van der Waals surface area contributed by atoms with Gasteiger partial charge in [0.05, 0.1) is 24.5 Å². The SMILES string of the molecule is NCc1ccc(OC[C@@H]2CO[C@@](Cn3ccnc3)(c3ccc(Cl)cc3Cl)O2)cc1. The number of benzene rings is 2. The van der Waals surface area contributed by atoms with E-state index in [2.05, 4.69) is 4.98 Å². The molecule has 6 nitrogen and oxygen atoms in total. The van der Waals surface area contributed by atoms with E-state index < -0.39 is 5.79 Å². The molecule has 3 aromatic rings. The second kappa shape index (κ2) is 8.73. The van der Waals surface area contributed by atoms with Gasteiger partial charge in [-0.2, -0.15) is 0 Å². The average molecular weight is 434 g/mol. The van der Waals surface area contributed by atoms with E-state index in [0.29, 0.717) is 41.9 Å². The Kier molecular flexibility index (Phi) is 6.08. The quantitative estimate of drug-likeness (QED) is 0.609. The van der Waals surface area contributed by atoms with Crippen molar-refractivity contribution in [2.45, 2.75) is 25.0 Å². The van der Waals surface area contributed by atoms with Crippen molar-refractivity contribution in [3.05, 3.63) is 82.4 Å². The maximum Gasteiger partial charge on any atom is 0.215 e. The lowest BCUT2D eigenvalue weighted by Crippen LogP contribution is -2.34. The molecular formula is C21H21Cl2N3O3. The molecule has 0 radical (unpaired) electrons.